The quantitative estimate of drug-likeness (QED) is 0.813. The number of rotatable bonds is 6. The van der Waals surface area contributed by atoms with E-state index in [0.29, 0.717) is 22.4 Å². The van der Waals surface area contributed by atoms with E-state index in [0.717, 1.165) is 12.1 Å². The average Bonchev–Trinajstić information content (AvgIpc) is 2.56. The predicted molar refractivity (Wildman–Crippen MR) is 89.6 cm³/mol. The van der Waals surface area contributed by atoms with Crippen LogP contribution in [0.2, 0.25) is 0 Å². The molecule has 1 unspecified atom stereocenters. The third-order valence-corrected chi connectivity index (χ3v) is 3.86. The van der Waals surface area contributed by atoms with E-state index in [1.165, 1.54) is 20.1 Å². The van der Waals surface area contributed by atoms with Gasteiger partial charge < -0.3 is 10.1 Å². The topological polar surface area (TPSA) is 55.4 Å². The predicted octanol–water partition coefficient (Wildman–Crippen LogP) is 3.60. The maximum Gasteiger partial charge on any atom is 0.225 e. The van der Waals surface area contributed by atoms with Gasteiger partial charge in [-0.05, 0) is 49.7 Å². The number of benzene rings is 2. The van der Waals surface area contributed by atoms with Crippen LogP contribution in [0.4, 0.5) is 8.78 Å². The minimum absolute atomic E-state index is 0.00168. The van der Waals surface area contributed by atoms with Crippen molar-refractivity contribution in [3.8, 4) is 5.75 Å². The zero-order valence-electron chi connectivity index (χ0n) is 14.2. The van der Waals surface area contributed by atoms with Gasteiger partial charge in [-0.2, -0.15) is 0 Å². The van der Waals surface area contributed by atoms with Crippen molar-refractivity contribution in [2.45, 2.75) is 26.3 Å². The third-order valence-electron chi connectivity index (χ3n) is 3.86. The standard InChI is InChI=1S/C19H19F2NO3/c1-11(13-4-6-16(20)17(21)9-13)22-19(24)10-15-8-14(12(2)23)5-7-18(15)25-3/h4-9,11H,10H2,1-3H3,(H,22,24). The van der Waals surface area contributed by atoms with Gasteiger partial charge in [-0.25, -0.2) is 8.78 Å². The smallest absolute Gasteiger partial charge is 0.225 e. The molecule has 1 atom stereocenters. The number of ether oxygens (including phenoxy) is 1. The van der Waals surface area contributed by atoms with E-state index in [9.17, 15) is 18.4 Å². The molecule has 1 amide bonds. The highest BCUT2D eigenvalue weighted by Gasteiger charge is 2.15. The molecule has 0 aliphatic rings. The summed E-state index contributed by atoms with van der Waals surface area (Å²) >= 11 is 0. The molecule has 2 aromatic rings. The lowest BCUT2D eigenvalue weighted by molar-refractivity contribution is -0.121. The van der Waals surface area contributed by atoms with Gasteiger partial charge in [0, 0.05) is 11.1 Å². The van der Waals surface area contributed by atoms with Gasteiger partial charge in [-0.1, -0.05) is 6.07 Å². The van der Waals surface area contributed by atoms with Crippen molar-refractivity contribution in [3.63, 3.8) is 0 Å². The Hall–Kier alpha value is -2.76. The molecule has 4 nitrogen and oxygen atoms in total. The number of hydrogen-bond donors (Lipinski definition) is 1. The van der Waals surface area contributed by atoms with Crippen LogP contribution in [-0.2, 0) is 11.2 Å². The van der Waals surface area contributed by atoms with Crippen molar-refractivity contribution in [3.05, 3.63) is 64.7 Å². The van der Waals surface area contributed by atoms with Gasteiger partial charge in [-0.15, -0.1) is 0 Å². The molecule has 0 aliphatic heterocycles. The number of halogens is 2. The van der Waals surface area contributed by atoms with E-state index >= 15 is 0 Å². The van der Waals surface area contributed by atoms with Crippen LogP contribution in [0.15, 0.2) is 36.4 Å². The molecule has 0 spiro atoms. The molecule has 0 bridgehead atoms. The summed E-state index contributed by atoms with van der Waals surface area (Å²) < 4.78 is 31.5. The van der Waals surface area contributed by atoms with E-state index in [1.54, 1.807) is 25.1 Å². The molecule has 0 fully saturated rings. The fourth-order valence-corrected chi connectivity index (χ4v) is 2.47. The summed E-state index contributed by atoms with van der Waals surface area (Å²) in [5.41, 5.74) is 1.51. The number of carbonyl (C=O) groups excluding carboxylic acids is 2. The van der Waals surface area contributed by atoms with Crippen molar-refractivity contribution in [1.82, 2.24) is 5.32 Å². The Morgan fingerprint density at radius 3 is 2.44 bits per heavy atom. The second kappa shape index (κ2) is 7.88. The number of Topliss-reactive ketones (excluding diaryl/α,β-unsaturated/α-hetero) is 1. The summed E-state index contributed by atoms with van der Waals surface area (Å²) in [6.07, 6.45) is -0.00168. The van der Waals surface area contributed by atoms with Crippen LogP contribution in [0.25, 0.3) is 0 Å². The maximum absolute atomic E-state index is 13.3. The van der Waals surface area contributed by atoms with E-state index < -0.39 is 17.7 Å². The molecule has 132 valence electrons. The maximum atomic E-state index is 13.3. The third kappa shape index (κ3) is 4.62. The fraction of sp³-hybridized carbons (Fsp3) is 0.263. The van der Waals surface area contributed by atoms with Gasteiger partial charge in [0.05, 0.1) is 19.6 Å². The van der Waals surface area contributed by atoms with Crippen LogP contribution < -0.4 is 10.1 Å². The molecular weight excluding hydrogens is 328 g/mol. The van der Waals surface area contributed by atoms with Crippen molar-refractivity contribution in [2.75, 3.05) is 7.11 Å². The van der Waals surface area contributed by atoms with Crippen molar-refractivity contribution >= 4 is 11.7 Å². The summed E-state index contributed by atoms with van der Waals surface area (Å²) in [6.45, 7) is 3.12. The molecule has 0 saturated heterocycles. The summed E-state index contributed by atoms with van der Waals surface area (Å²) in [6, 6.07) is 7.88. The summed E-state index contributed by atoms with van der Waals surface area (Å²) in [7, 11) is 1.48. The lowest BCUT2D eigenvalue weighted by Gasteiger charge is -2.16. The minimum atomic E-state index is -0.963. The Morgan fingerprint density at radius 2 is 1.84 bits per heavy atom. The monoisotopic (exact) mass is 347 g/mol. The highest BCUT2D eigenvalue weighted by atomic mass is 19.2. The molecule has 0 aliphatic carbocycles. The average molecular weight is 347 g/mol. The molecule has 0 aromatic heterocycles. The second-order valence-corrected chi connectivity index (χ2v) is 5.72. The number of nitrogens with one attached hydrogen (secondary N) is 1. The first-order valence-corrected chi connectivity index (χ1v) is 7.74. The zero-order chi connectivity index (χ0) is 18.6. The Balaban J connectivity index is 2.12. The first-order chi connectivity index (χ1) is 11.8. The Labute approximate surface area is 144 Å². The van der Waals surface area contributed by atoms with Crippen LogP contribution >= 0.6 is 0 Å². The Morgan fingerprint density at radius 1 is 1.12 bits per heavy atom. The van der Waals surface area contributed by atoms with Crippen LogP contribution in [0, 0.1) is 11.6 Å². The Kier molecular flexibility index (Phi) is 5.85. The van der Waals surface area contributed by atoms with Gasteiger partial charge in [0.2, 0.25) is 5.91 Å². The van der Waals surface area contributed by atoms with Crippen molar-refractivity contribution in [2.24, 2.45) is 0 Å². The van der Waals surface area contributed by atoms with E-state index in [4.69, 9.17) is 4.74 Å². The number of carbonyl (C=O) groups is 2. The Bertz CT molecular complexity index is 805. The minimum Gasteiger partial charge on any atom is -0.496 e. The second-order valence-electron chi connectivity index (χ2n) is 5.72. The SMILES string of the molecule is COc1ccc(C(C)=O)cc1CC(=O)NC(C)c1ccc(F)c(F)c1. The van der Waals surface area contributed by atoms with Crippen LogP contribution in [0.3, 0.4) is 0 Å². The van der Waals surface area contributed by atoms with Gasteiger partial charge in [0.15, 0.2) is 17.4 Å². The highest BCUT2D eigenvalue weighted by molar-refractivity contribution is 5.94. The summed E-state index contributed by atoms with van der Waals surface area (Å²) in [4.78, 5) is 23.8. The van der Waals surface area contributed by atoms with Gasteiger partial charge in [-0.3, -0.25) is 9.59 Å². The largest absolute Gasteiger partial charge is 0.496 e. The molecule has 2 rings (SSSR count). The normalized spacial score (nSPS) is 11.7. The number of amides is 1. The first-order valence-electron chi connectivity index (χ1n) is 7.74. The molecule has 2 aromatic carbocycles. The number of ketones is 1. The van der Waals surface area contributed by atoms with Gasteiger partial charge in [0.1, 0.15) is 5.75 Å². The van der Waals surface area contributed by atoms with Gasteiger partial charge in [0.25, 0.3) is 0 Å². The van der Waals surface area contributed by atoms with Gasteiger partial charge >= 0.3 is 0 Å². The first kappa shape index (κ1) is 18.6. The van der Waals surface area contributed by atoms with Crippen molar-refractivity contribution in [1.29, 1.82) is 0 Å². The molecule has 0 saturated carbocycles. The fourth-order valence-electron chi connectivity index (χ4n) is 2.47. The zero-order valence-corrected chi connectivity index (χ0v) is 14.2. The van der Waals surface area contributed by atoms with E-state index in [-0.39, 0.29) is 18.1 Å². The number of hydrogen-bond acceptors (Lipinski definition) is 3. The molecule has 25 heavy (non-hydrogen) atoms. The molecule has 0 radical (unpaired) electrons. The van der Waals surface area contributed by atoms with Crippen molar-refractivity contribution < 1.29 is 23.1 Å². The lowest BCUT2D eigenvalue weighted by Crippen LogP contribution is -2.28. The number of methoxy groups -OCH3 is 1. The lowest BCUT2D eigenvalue weighted by atomic mass is 10.0. The molecular formula is C19H19F2NO3. The molecule has 1 N–H and O–H groups in total. The van der Waals surface area contributed by atoms with Crippen LogP contribution in [-0.4, -0.2) is 18.8 Å². The van der Waals surface area contributed by atoms with Crippen LogP contribution in [0.1, 0.15) is 41.4 Å². The molecule has 6 heteroatoms. The summed E-state index contributed by atoms with van der Waals surface area (Å²) in [5, 5.41) is 2.72. The van der Waals surface area contributed by atoms with E-state index in [1.807, 2.05) is 0 Å². The summed E-state index contributed by atoms with van der Waals surface area (Å²) in [5.74, 6) is -1.83. The van der Waals surface area contributed by atoms with E-state index in [2.05, 4.69) is 5.32 Å². The highest BCUT2D eigenvalue weighted by Crippen LogP contribution is 2.22. The van der Waals surface area contributed by atoms with Crippen LogP contribution in [0.5, 0.6) is 5.75 Å². The molecule has 0 heterocycles.